The molecule has 0 bridgehead atoms. The van der Waals surface area contributed by atoms with Gasteiger partial charge in [-0.15, -0.1) is 11.6 Å². The fourth-order valence-electron chi connectivity index (χ4n) is 7.69. The molecule has 0 unspecified atom stereocenters. The van der Waals surface area contributed by atoms with Crippen molar-refractivity contribution in [3.63, 3.8) is 0 Å². The number of halogens is 2. The van der Waals surface area contributed by atoms with Crippen LogP contribution in [-0.4, -0.2) is 11.3 Å². The Morgan fingerprint density at radius 2 is 1.29 bits per heavy atom. The SMILES string of the molecule is CC1=[C-]C(C)(C)c2cc3c(cc21)-c1cc2c(cc1C3)C(C)(C)C=C2C.C[C](=[Zr+2])c1ccc(C)cc1.Cc1cc([Si](C)(C)C)c(C)[cH-]1.[Cl-].[Cl-]. The van der Waals surface area contributed by atoms with Crippen LogP contribution >= 0.6 is 0 Å². The molecule has 0 atom stereocenters. The molecular formula is C44H52Cl2SiZr-2. The summed E-state index contributed by atoms with van der Waals surface area (Å²) in [6.07, 6.45) is 7.13. The van der Waals surface area contributed by atoms with E-state index in [1.54, 1.807) is 5.19 Å². The molecule has 48 heavy (non-hydrogen) atoms. The van der Waals surface area contributed by atoms with Crippen molar-refractivity contribution in [3.8, 4) is 11.1 Å². The first kappa shape index (κ1) is 40.5. The minimum atomic E-state index is -1.06. The summed E-state index contributed by atoms with van der Waals surface area (Å²) in [7, 11) is -1.06. The van der Waals surface area contributed by atoms with E-state index in [4.69, 9.17) is 0 Å². The van der Waals surface area contributed by atoms with Gasteiger partial charge in [-0.2, -0.15) is 27.9 Å². The molecule has 0 N–H and O–H groups in total. The fraction of sp³-hybridized carbons (Fsp3) is 0.364. The first-order valence-electron chi connectivity index (χ1n) is 16.8. The van der Waals surface area contributed by atoms with Crippen LogP contribution in [0.2, 0.25) is 19.6 Å². The molecule has 0 saturated heterocycles. The van der Waals surface area contributed by atoms with Crippen LogP contribution in [0.4, 0.5) is 0 Å². The molecular weight excluding hydrogens is 719 g/mol. The maximum atomic E-state index is 3.65. The second kappa shape index (κ2) is 14.7. The van der Waals surface area contributed by atoms with Gasteiger partial charge in [0.25, 0.3) is 0 Å². The molecule has 0 radical (unpaired) electrons. The Balaban J connectivity index is 0.000000228. The van der Waals surface area contributed by atoms with E-state index >= 15 is 0 Å². The van der Waals surface area contributed by atoms with Crippen LogP contribution in [0, 0.1) is 26.8 Å². The Hall–Kier alpha value is -1.96. The van der Waals surface area contributed by atoms with Crippen LogP contribution in [0.5, 0.6) is 0 Å². The average molecular weight is 771 g/mol. The molecule has 0 aromatic heterocycles. The topological polar surface area (TPSA) is 0 Å². The number of hydrogen-bond donors (Lipinski definition) is 0. The molecule has 0 spiro atoms. The molecule has 3 aliphatic carbocycles. The third kappa shape index (κ3) is 8.15. The molecule has 3 aliphatic rings. The van der Waals surface area contributed by atoms with Gasteiger partial charge in [-0.3, -0.25) is 6.08 Å². The normalized spacial score (nSPS) is 15.5. The summed E-state index contributed by atoms with van der Waals surface area (Å²) < 4.78 is 1.46. The molecule has 0 fully saturated rings. The molecule has 0 saturated carbocycles. The monoisotopic (exact) mass is 768 g/mol. The van der Waals surface area contributed by atoms with Gasteiger partial charge >= 0.3 is 76.7 Å². The molecule has 4 heteroatoms. The zero-order valence-corrected chi connectivity index (χ0v) is 36.3. The molecule has 4 aromatic rings. The van der Waals surface area contributed by atoms with Gasteiger partial charge in [-0.05, 0) is 58.4 Å². The van der Waals surface area contributed by atoms with Gasteiger partial charge in [-0.1, -0.05) is 91.7 Å². The van der Waals surface area contributed by atoms with Gasteiger partial charge < -0.3 is 24.8 Å². The van der Waals surface area contributed by atoms with Gasteiger partial charge in [0.05, 0.1) is 0 Å². The van der Waals surface area contributed by atoms with Gasteiger partial charge in [0.2, 0.25) is 0 Å². The minimum absolute atomic E-state index is 0. The average Bonchev–Trinajstić information content (AvgIpc) is 3.62. The maximum absolute atomic E-state index is 3.65. The van der Waals surface area contributed by atoms with Crippen LogP contribution in [0.3, 0.4) is 0 Å². The van der Waals surface area contributed by atoms with Crippen molar-refractivity contribution in [1.29, 1.82) is 0 Å². The number of fused-ring (bicyclic) bond motifs is 5. The zero-order chi connectivity index (χ0) is 33.9. The fourth-order valence-corrected chi connectivity index (χ4v) is 10.0. The van der Waals surface area contributed by atoms with Crippen molar-refractivity contribution in [2.75, 3.05) is 0 Å². The Bertz CT molecular complexity index is 1820. The van der Waals surface area contributed by atoms with Gasteiger partial charge in [-0.25, -0.2) is 11.6 Å². The van der Waals surface area contributed by atoms with E-state index < -0.39 is 8.07 Å². The van der Waals surface area contributed by atoms with Crippen molar-refractivity contribution in [1.82, 2.24) is 0 Å². The summed E-state index contributed by atoms with van der Waals surface area (Å²) in [5.41, 5.74) is 20.2. The predicted molar refractivity (Wildman–Crippen MR) is 202 cm³/mol. The Morgan fingerprint density at radius 1 is 0.750 bits per heavy atom. The first-order chi connectivity index (χ1) is 21.3. The largest absolute Gasteiger partial charge is 1.00 e. The standard InChI is InChI=1S/C25H25.C10H17Si.C9H10.2ClH.Zr/c1-14-12-24(3,4)22-8-16-7-17-9-23-19(15(2)13-25(23,5)6)11-21(17)20(16)10-18(14)22;1-8-6-9(2)10(7-8)11(3,4)5;1-3-9-6-4-8(2)5-7-9;;;/h8-12H,7H2,1-6H3;6-7H,1-5H3;4-7H,1-2H3;2*1H;/q2*-1;;;;+2/p-2. The Labute approximate surface area is 320 Å². The predicted octanol–water partition coefficient (Wildman–Crippen LogP) is 5.11. The summed E-state index contributed by atoms with van der Waals surface area (Å²) in [5.74, 6) is 0. The van der Waals surface area contributed by atoms with E-state index in [1.807, 2.05) is 0 Å². The van der Waals surface area contributed by atoms with Crippen LogP contribution in [0.1, 0.15) is 104 Å². The minimum Gasteiger partial charge on any atom is -1.00 e. The third-order valence-electron chi connectivity index (χ3n) is 9.97. The van der Waals surface area contributed by atoms with Crippen LogP contribution < -0.4 is 30.0 Å². The number of aryl methyl sites for hydroxylation is 3. The van der Waals surface area contributed by atoms with Gasteiger partial charge in [0.1, 0.15) is 0 Å². The molecule has 0 amide bonds. The summed E-state index contributed by atoms with van der Waals surface area (Å²) >= 11 is 1.51. The van der Waals surface area contributed by atoms with Crippen LogP contribution in [0.25, 0.3) is 22.3 Å². The third-order valence-corrected chi connectivity index (χ3v) is 12.8. The van der Waals surface area contributed by atoms with Crippen LogP contribution in [0.15, 0.2) is 66.7 Å². The quantitative estimate of drug-likeness (QED) is 0.173. The van der Waals surface area contributed by atoms with E-state index in [-0.39, 0.29) is 35.6 Å². The van der Waals surface area contributed by atoms with Crippen molar-refractivity contribution >= 4 is 27.6 Å². The number of hydrogen-bond acceptors (Lipinski definition) is 0. The van der Waals surface area contributed by atoms with E-state index in [2.05, 4.69) is 162 Å². The maximum Gasteiger partial charge on any atom is 0.00418 e. The first-order valence-corrected chi connectivity index (χ1v) is 21.5. The number of allylic oxidation sites excluding steroid dienone is 4. The van der Waals surface area contributed by atoms with E-state index in [1.165, 1.54) is 105 Å². The molecule has 0 heterocycles. The number of rotatable bonds is 2. The van der Waals surface area contributed by atoms with Crippen molar-refractivity contribution in [2.24, 2.45) is 0 Å². The molecule has 4 aromatic carbocycles. The Kier molecular flexibility index (Phi) is 12.4. The van der Waals surface area contributed by atoms with Crippen molar-refractivity contribution in [3.05, 3.63) is 128 Å². The van der Waals surface area contributed by atoms with E-state index in [9.17, 15) is 0 Å². The molecule has 0 aliphatic heterocycles. The second-order valence-electron chi connectivity index (χ2n) is 16.1. The number of benzene rings is 3. The van der Waals surface area contributed by atoms with Crippen molar-refractivity contribution < 1.29 is 49.0 Å². The molecule has 0 nitrogen and oxygen atoms in total. The smallest absolute Gasteiger partial charge is 0.00418 e. The Morgan fingerprint density at radius 3 is 1.77 bits per heavy atom. The van der Waals surface area contributed by atoms with Gasteiger partial charge in [0.15, 0.2) is 0 Å². The zero-order valence-electron chi connectivity index (χ0n) is 31.3. The summed E-state index contributed by atoms with van der Waals surface area (Å²) in [4.78, 5) is 0. The summed E-state index contributed by atoms with van der Waals surface area (Å²) in [5, 5.41) is 1.62. The molecule has 252 valence electrons. The second-order valence-corrected chi connectivity index (χ2v) is 23.0. The van der Waals surface area contributed by atoms with Gasteiger partial charge in [0, 0.05) is 13.5 Å². The van der Waals surface area contributed by atoms with E-state index in [0.717, 1.165) is 6.42 Å². The van der Waals surface area contributed by atoms with Crippen molar-refractivity contribution in [2.45, 2.75) is 106 Å². The van der Waals surface area contributed by atoms with E-state index in [0.29, 0.717) is 0 Å². The molecule has 7 rings (SSSR count). The summed E-state index contributed by atoms with van der Waals surface area (Å²) in [6.45, 7) is 29.6. The summed E-state index contributed by atoms with van der Waals surface area (Å²) in [6, 6.07) is 23.1. The van der Waals surface area contributed by atoms with Crippen LogP contribution in [-0.2, 0) is 41.5 Å².